The number of hydrogen-bond donors (Lipinski definition) is 1. The van der Waals surface area contributed by atoms with Crippen molar-refractivity contribution in [2.75, 3.05) is 12.0 Å². The Labute approximate surface area is 151 Å². The highest BCUT2D eigenvalue weighted by Crippen LogP contribution is 2.24. The van der Waals surface area contributed by atoms with E-state index in [4.69, 9.17) is 4.74 Å². The van der Waals surface area contributed by atoms with Crippen LogP contribution in [0.25, 0.3) is 0 Å². The Morgan fingerprint density at radius 1 is 1.00 bits per heavy atom. The number of hydrogen-bond acceptors (Lipinski definition) is 5. The molecule has 0 aromatic heterocycles. The maximum absolute atomic E-state index is 12.5. The predicted molar refractivity (Wildman–Crippen MR) is 95.2 cm³/mol. The van der Waals surface area contributed by atoms with E-state index in [1.165, 1.54) is 31.4 Å². The molecule has 1 aliphatic heterocycles. The van der Waals surface area contributed by atoms with Gasteiger partial charge >= 0.3 is 0 Å². The van der Waals surface area contributed by atoms with Crippen LogP contribution in [0.3, 0.4) is 0 Å². The van der Waals surface area contributed by atoms with Crippen LogP contribution >= 0.6 is 0 Å². The number of benzene rings is 2. The fourth-order valence-electron chi connectivity index (χ4n) is 2.74. The lowest BCUT2D eigenvalue weighted by Crippen LogP contribution is -2.28. The number of rotatable bonds is 6. The van der Waals surface area contributed by atoms with E-state index in [9.17, 15) is 18.0 Å². The Hall–Kier alpha value is -2.71. The number of imide groups is 1. The lowest BCUT2D eigenvalue weighted by molar-refractivity contribution is -0.121. The summed E-state index contributed by atoms with van der Waals surface area (Å²) in [7, 11) is -2.22. The molecule has 0 spiro atoms. The molecule has 2 amide bonds. The molecule has 0 saturated carbocycles. The van der Waals surface area contributed by atoms with Crippen molar-refractivity contribution in [3.8, 4) is 5.75 Å². The van der Waals surface area contributed by atoms with Crippen molar-refractivity contribution >= 4 is 27.5 Å². The van der Waals surface area contributed by atoms with Crippen molar-refractivity contribution in [1.82, 2.24) is 4.72 Å². The molecule has 1 fully saturated rings. The molecule has 2 aromatic rings. The van der Waals surface area contributed by atoms with Gasteiger partial charge in [0, 0.05) is 24.9 Å². The van der Waals surface area contributed by atoms with Crippen molar-refractivity contribution in [1.29, 1.82) is 0 Å². The standard InChI is InChI=1S/C18H18N2O5S/c1-25-16-5-3-2-4-13(16)12-19-26(23,24)15-8-6-14(7-9-15)20-17(21)10-11-18(20)22/h2-9,19H,10-12H2,1H3. The molecule has 1 heterocycles. The van der Waals surface area contributed by atoms with Gasteiger partial charge in [-0.25, -0.2) is 13.1 Å². The van der Waals surface area contributed by atoms with E-state index in [0.717, 1.165) is 4.90 Å². The molecule has 8 heteroatoms. The van der Waals surface area contributed by atoms with E-state index < -0.39 is 10.0 Å². The number of nitrogens with zero attached hydrogens (tertiary/aromatic N) is 1. The van der Waals surface area contributed by atoms with E-state index in [0.29, 0.717) is 17.0 Å². The Balaban J connectivity index is 1.75. The molecular formula is C18H18N2O5S. The van der Waals surface area contributed by atoms with Crippen LogP contribution in [-0.4, -0.2) is 27.3 Å². The first kappa shape index (κ1) is 18.1. The Morgan fingerprint density at radius 3 is 2.23 bits per heavy atom. The minimum absolute atomic E-state index is 0.0512. The molecule has 26 heavy (non-hydrogen) atoms. The highest BCUT2D eigenvalue weighted by molar-refractivity contribution is 7.89. The number of carbonyl (C=O) groups is 2. The maximum Gasteiger partial charge on any atom is 0.240 e. The van der Waals surface area contributed by atoms with E-state index in [2.05, 4.69) is 4.72 Å². The second-order valence-corrected chi connectivity index (χ2v) is 7.52. The van der Waals surface area contributed by atoms with Crippen molar-refractivity contribution in [3.05, 3.63) is 54.1 Å². The molecule has 2 aromatic carbocycles. The first-order valence-corrected chi connectivity index (χ1v) is 9.48. The van der Waals surface area contributed by atoms with Crippen LogP contribution in [0.5, 0.6) is 5.75 Å². The maximum atomic E-state index is 12.5. The summed E-state index contributed by atoms with van der Waals surface area (Å²) in [5.41, 5.74) is 1.09. The monoisotopic (exact) mass is 374 g/mol. The summed E-state index contributed by atoms with van der Waals surface area (Å²) in [5, 5.41) is 0. The highest BCUT2D eigenvalue weighted by atomic mass is 32.2. The van der Waals surface area contributed by atoms with Crippen molar-refractivity contribution in [2.24, 2.45) is 0 Å². The van der Waals surface area contributed by atoms with Gasteiger partial charge in [0.25, 0.3) is 0 Å². The molecule has 1 saturated heterocycles. The Bertz CT molecular complexity index is 922. The molecule has 0 aliphatic carbocycles. The zero-order valence-electron chi connectivity index (χ0n) is 14.1. The minimum atomic E-state index is -3.74. The molecule has 136 valence electrons. The summed E-state index contributed by atoms with van der Waals surface area (Å²) in [6, 6.07) is 12.8. The van der Waals surface area contributed by atoms with Crippen LogP contribution in [0.15, 0.2) is 53.4 Å². The van der Waals surface area contributed by atoms with Gasteiger partial charge in [0.2, 0.25) is 21.8 Å². The van der Waals surface area contributed by atoms with Gasteiger partial charge in [-0.1, -0.05) is 18.2 Å². The summed E-state index contributed by atoms with van der Waals surface area (Å²) >= 11 is 0. The molecule has 0 radical (unpaired) electrons. The smallest absolute Gasteiger partial charge is 0.240 e. The lowest BCUT2D eigenvalue weighted by atomic mass is 10.2. The number of amides is 2. The number of sulfonamides is 1. The molecule has 3 rings (SSSR count). The SMILES string of the molecule is COc1ccccc1CNS(=O)(=O)c1ccc(N2C(=O)CCC2=O)cc1. The van der Waals surface area contributed by atoms with Gasteiger partial charge in [0.15, 0.2) is 0 Å². The summed E-state index contributed by atoms with van der Waals surface area (Å²) in [5.74, 6) is 0.0383. The van der Waals surface area contributed by atoms with E-state index in [1.807, 2.05) is 0 Å². The van der Waals surface area contributed by atoms with Gasteiger partial charge in [0.1, 0.15) is 5.75 Å². The highest BCUT2D eigenvalue weighted by Gasteiger charge is 2.30. The summed E-state index contributed by atoms with van der Waals surface area (Å²) in [4.78, 5) is 24.6. The lowest BCUT2D eigenvalue weighted by Gasteiger charge is -2.14. The van der Waals surface area contributed by atoms with Gasteiger partial charge in [-0.05, 0) is 30.3 Å². The summed E-state index contributed by atoms with van der Waals surface area (Å²) in [6.07, 6.45) is 0.360. The van der Waals surface area contributed by atoms with E-state index in [-0.39, 0.29) is 36.1 Å². The number of carbonyl (C=O) groups excluding carboxylic acids is 2. The van der Waals surface area contributed by atoms with Crippen LogP contribution in [0.4, 0.5) is 5.69 Å². The minimum Gasteiger partial charge on any atom is -0.496 e. The van der Waals surface area contributed by atoms with Crippen LogP contribution in [-0.2, 0) is 26.2 Å². The predicted octanol–water partition coefficient (Wildman–Crippen LogP) is 1.83. The quantitative estimate of drug-likeness (QED) is 0.779. The topological polar surface area (TPSA) is 92.8 Å². The number of methoxy groups -OCH3 is 1. The molecule has 1 aliphatic rings. The van der Waals surface area contributed by atoms with Crippen LogP contribution < -0.4 is 14.4 Å². The van der Waals surface area contributed by atoms with E-state index in [1.54, 1.807) is 24.3 Å². The van der Waals surface area contributed by atoms with Crippen LogP contribution in [0.1, 0.15) is 18.4 Å². The summed E-state index contributed by atoms with van der Waals surface area (Å²) < 4.78 is 32.7. The molecule has 7 nitrogen and oxygen atoms in total. The van der Waals surface area contributed by atoms with Gasteiger partial charge in [0.05, 0.1) is 17.7 Å². The molecular weight excluding hydrogens is 356 g/mol. The Kier molecular flexibility index (Phi) is 5.06. The number of ether oxygens (including phenoxy) is 1. The second-order valence-electron chi connectivity index (χ2n) is 5.75. The average molecular weight is 374 g/mol. The number of anilines is 1. The third-order valence-electron chi connectivity index (χ3n) is 4.10. The molecule has 0 atom stereocenters. The largest absolute Gasteiger partial charge is 0.496 e. The summed E-state index contributed by atoms with van der Waals surface area (Å²) in [6.45, 7) is 0.0806. The van der Waals surface area contributed by atoms with Crippen LogP contribution in [0, 0.1) is 0 Å². The molecule has 1 N–H and O–H groups in total. The number of para-hydroxylation sites is 1. The second kappa shape index (κ2) is 7.27. The average Bonchev–Trinajstić information content (AvgIpc) is 2.99. The first-order chi connectivity index (χ1) is 12.4. The van der Waals surface area contributed by atoms with Gasteiger partial charge in [-0.2, -0.15) is 0 Å². The third kappa shape index (κ3) is 3.61. The van der Waals surface area contributed by atoms with Crippen molar-refractivity contribution in [3.63, 3.8) is 0 Å². The van der Waals surface area contributed by atoms with Gasteiger partial charge in [-0.3, -0.25) is 14.5 Å². The zero-order chi connectivity index (χ0) is 18.7. The van der Waals surface area contributed by atoms with E-state index >= 15 is 0 Å². The molecule has 0 bridgehead atoms. The van der Waals surface area contributed by atoms with Gasteiger partial charge in [-0.15, -0.1) is 0 Å². The third-order valence-corrected chi connectivity index (χ3v) is 5.52. The van der Waals surface area contributed by atoms with Crippen LogP contribution in [0.2, 0.25) is 0 Å². The fraction of sp³-hybridized carbons (Fsp3) is 0.222. The van der Waals surface area contributed by atoms with Crippen molar-refractivity contribution in [2.45, 2.75) is 24.3 Å². The van der Waals surface area contributed by atoms with Gasteiger partial charge < -0.3 is 4.74 Å². The van der Waals surface area contributed by atoms with Crippen molar-refractivity contribution < 1.29 is 22.7 Å². The normalized spacial score (nSPS) is 14.7. The first-order valence-electron chi connectivity index (χ1n) is 8.00. The molecule has 0 unspecified atom stereocenters. The fourth-order valence-corrected chi connectivity index (χ4v) is 3.75. The number of nitrogens with one attached hydrogen (secondary N) is 1. The zero-order valence-corrected chi connectivity index (χ0v) is 15.0. The Morgan fingerprint density at radius 2 is 1.62 bits per heavy atom.